The molecule has 1 aromatic carbocycles. The fourth-order valence-electron chi connectivity index (χ4n) is 3.85. The fourth-order valence-corrected chi connectivity index (χ4v) is 4.71. The van der Waals surface area contributed by atoms with Crippen molar-refractivity contribution in [2.24, 2.45) is 0 Å². The Balaban J connectivity index is 2.07. The average Bonchev–Trinajstić information content (AvgIpc) is 2.85. The Bertz CT molecular complexity index is 865. The number of rotatable bonds is 3. The third-order valence-corrected chi connectivity index (χ3v) is 5.74. The van der Waals surface area contributed by atoms with Crippen LogP contribution < -0.4 is 0 Å². The number of nitriles is 1. The Morgan fingerprint density at radius 1 is 1.31 bits per heavy atom. The molecule has 2 aromatic rings. The molecule has 1 aliphatic rings. The lowest BCUT2D eigenvalue weighted by atomic mass is 9.84. The fraction of sp³-hybridized carbons (Fsp3) is 0.524. The Morgan fingerprint density at radius 2 is 2.00 bits per heavy atom. The maximum absolute atomic E-state index is 12.4. The summed E-state index contributed by atoms with van der Waals surface area (Å²) in [6.45, 7) is 5.74. The number of ether oxygens (including phenoxy) is 1. The number of fused-ring (bicyclic) bond motifs is 1. The van der Waals surface area contributed by atoms with Gasteiger partial charge in [0.2, 0.25) is 0 Å². The van der Waals surface area contributed by atoms with Crippen molar-refractivity contribution in [1.29, 1.82) is 5.26 Å². The van der Waals surface area contributed by atoms with Gasteiger partial charge in [-0.1, -0.05) is 25.3 Å². The van der Waals surface area contributed by atoms with Gasteiger partial charge >= 0.3 is 5.97 Å². The first-order valence-corrected chi connectivity index (χ1v) is 10.0. The predicted octanol–water partition coefficient (Wildman–Crippen LogP) is 5.66. The lowest BCUT2D eigenvalue weighted by molar-refractivity contribution is -0.155. The van der Waals surface area contributed by atoms with Crippen LogP contribution in [0.1, 0.15) is 69.9 Å². The molecule has 0 spiro atoms. The molecule has 4 nitrogen and oxygen atoms in total. The summed E-state index contributed by atoms with van der Waals surface area (Å²) >= 11 is 3.76. The monoisotopic (exact) mass is 416 g/mol. The van der Waals surface area contributed by atoms with Crippen LogP contribution in [0.2, 0.25) is 0 Å². The summed E-state index contributed by atoms with van der Waals surface area (Å²) in [5, 5.41) is 10.4. The standard InChI is InChI=1S/C21H25BrN2O2/c1-21(2,3)26-18(25)13-24-17-11-14(12-23)9-10-16(17)19(20(24)22)15-7-5-4-6-8-15/h9-11,15H,4-8,13H2,1-3H3. The van der Waals surface area contributed by atoms with E-state index in [2.05, 4.69) is 22.0 Å². The van der Waals surface area contributed by atoms with Crippen LogP contribution in [0.3, 0.4) is 0 Å². The molecule has 0 saturated heterocycles. The zero-order valence-electron chi connectivity index (χ0n) is 15.6. The minimum Gasteiger partial charge on any atom is -0.459 e. The van der Waals surface area contributed by atoms with Crippen LogP contribution in [0.4, 0.5) is 0 Å². The third kappa shape index (κ3) is 3.96. The molecule has 0 unspecified atom stereocenters. The molecule has 1 fully saturated rings. The van der Waals surface area contributed by atoms with Crippen LogP contribution in [0, 0.1) is 11.3 Å². The van der Waals surface area contributed by atoms with Gasteiger partial charge in [-0.05, 0) is 73.2 Å². The molecular formula is C21H25BrN2O2. The first-order valence-electron chi connectivity index (χ1n) is 9.24. The normalized spacial score (nSPS) is 15.8. The summed E-state index contributed by atoms with van der Waals surface area (Å²) in [5.41, 5.74) is 2.27. The number of hydrogen-bond donors (Lipinski definition) is 0. The number of carbonyl (C=O) groups is 1. The smallest absolute Gasteiger partial charge is 0.326 e. The topological polar surface area (TPSA) is 55.0 Å². The maximum Gasteiger partial charge on any atom is 0.326 e. The van der Waals surface area contributed by atoms with Crippen molar-refractivity contribution in [2.45, 2.75) is 70.9 Å². The van der Waals surface area contributed by atoms with E-state index in [1.54, 1.807) is 0 Å². The Kier molecular flexibility index (Phi) is 5.43. The van der Waals surface area contributed by atoms with Gasteiger partial charge in [-0.25, -0.2) is 0 Å². The number of aromatic nitrogens is 1. The summed E-state index contributed by atoms with van der Waals surface area (Å²) in [6, 6.07) is 7.96. The van der Waals surface area contributed by atoms with Crippen LogP contribution in [-0.4, -0.2) is 16.1 Å². The number of nitrogens with zero attached hydrogens (tertiary/aromatic N) is 2. The van der Waals surface area contributed by atoms with Gasteiger partial charge in [0.25, 0.3) is 0 Å². The number of hydrogen-bond acceptors (Lipinski definition) is 3. The lowest BCUT2D eigenvalue weighted by Gasteiger charge is -2.22. The van der Waals surface area contributed by atoms with Gasteiger partial charge in [0, 0.05) is 5.39 Å². The molecule has 0 atom stereocenters. The summed E-state index contributed by atoms with van der Waals surface area (Å²) in [7, 11) is 0. The number of esters is 1. The second-order valence-corrected chi connectivity index (χ2v) is 8.81. The lowest BCUT2D eigenvalue weighted by Crippen LogP contribution is -2.26. The summed E-state index contributed by atoms with van der Waals surface area (Å²) in [5.74, 6) is 0.223. The van der Waals surface area contributed by atoms with E-state index in [9.17, 15) is 10.1 Å². The SMILES string of the molecule is CC(C)(C)OC(=O)Cn1c(Br)c(C2CCCCC2)c2ccc(C#N)cc21. The van der Waals surface area contributed by atoms with Crippen molar-refractivity contribution in [2.75, 3.05) is 0 Å². The first-order chi connectivity index (χ1) is 12.3. The van der Waals surface area contributed by atoms with E-state index in [1.807, 2.05) is 43.5 Å². The van der Waals surface area contributed by atoms with Gasteiger partial charge in [-0.2, -0.15) is 5.26 Å². The number of carbonyl (C=O) groups excluding carboxylic acids is 1. The number of benzene rings is 1. The van der Waals surface area contributed by atoms with Crippen LogP contribution in [0.25, 0.3) is 10.9 Å². The van der Waals surface area contributed by atoms with Crippen LogP contribution in [-0.2, 0) is 16.1 Å². The molecule has 0 amide bonds. The van der Waals surface area contributed by atoms with E-state index < -0.39 is 5.60 Å². The van der Waals surface area contributed by atoms with Crippen LogP contribution in [0.15, 0.2) is 22.8 Å². The molecule has 1 heterocycles. The highest BCUT2D eigenvalue weighted by atomic mass is 79.9. The molecule has 1 aliphatic carbocycles. The van der Waals surface area contributed by atoms with Crippen molar-refractivity contribution in [3.05, 3.63) is 33.9 Å². The summed E-state index contributed by atoms with van der Waals surface area (Å²) in [4.78, 5) is 12.4. The predicted molar refractivity (Wildman–Crippen MR) is 106 cm³/mol. The molecule has 1 saturated carbocycles. The zero-order chi connectivity index (χ0) is 18.9. The van der Waals surface area contributed by atoms with E-state index in [0.29, 0.717) is 11.5 Å². The molecule has 26 heavy (non-hydrogen) atoms. The van der Waals surface area contributed by atoms with Crippen molar-refractivity contribution in [3.63, 3.8) is 0 Å². The van der Waals surface area contributed by atoms with Crippen molar-refractivity contribution >= 4 is 32.8 Å². The van der Waals surface area contributed by atoms with Gasteiger partial charge < -0.3 is 9.30 Å². The van der Waals surface area contributed by atoms with E-state index in [1.165, 1.54) is 37.7 Å². The molecule has 0 bridgehead atoms. The minimum atomic E-state index is -0.517. The minimum absolute atomic E-state index is 0.135. The van der Waals surface area contributed by atoms with Gasteiger partial charge in [0.15, 0.2) is 0 Å². The van der Waals surface area contributed by atoms with Crippen LogP contribution >= 0.6 is 15.9 Å². The highest BCUT2D eigenvalue weighted by Gasteiger charge is 2.26. The summed E-state index contributed by atoms with van der Waals surface area (Å²) in [6.07, 6.45) is 6.12. The van der Waals surface area contributed by atoms with Crippen LogP contribution in [0.5, 0.6) is 0 Å². The summed E-state index contributed by atoms with van der Waals surface area (Å²) < 4.78 is 8.41. The van der Waals surface area contributed by atoms with Gasteiger partial charge in [0.05, 0.1) is 21.8 Å². The second kappa shape index (κ2) is 7.44. The molecule has 138 valence electrons. The van der Waals surface area contributed by atoms with Crippen molar-refractivity contribution < 1.29 is 9.53 Å². The van der Waals surface area contributed by atoms with E-state index >= 15 is 0 Å². The molecule has 0 radical (unpaired) electrons. The van der Waals surface area contributed by atoms with Gasteiger partial charge in [0.1, 0.15) is 12.1 Å². The average molecular weight is 417 g/mol. The largest absolute Gasteiger partial charge is 0.459 e. The molecular weight excluding hydrogens is 392 g/mol. The molecule has 3 rings (SSSR count). The third-order valence-electron chi connectivity index (χ3n) is 4.89. The molecule has 0 aliphatic heterocycles. The number of halogens is 1. The van der Waals surface area contributed by atoms with E-state index in [4.69, 9.17) is 4.74 Å². The zero-order valence-corrected chi connectivity index (χ0v) is 17.2. The van der Waals surface area contributed by atoms with E-state index in [0.717, 1.165) is 15.5 Å². The molecule has 5 heteroatoms. The highest BCUT2D eigenvalue weighted by molar-refractivity contribution is 9.10. The quantitative estimate of drug-likeness (QED) is 0.605. The van der Waals surface area contributed by atoms with Gasteiger partial charge in [-0.3, -0.25) is 4.79 Å². The molecule has 0 N–H and O–H groups in total. The van der Waals surface area contributed by atoms with Gasteiger partial charge in [-0.15, -0.1) is 0 Å². The molecule has 1 aromatic heterocycles. The van der Waals surface area contributed by atoms with E-state index in [-0.39, 0.29) is 12.5 Å². The highest BCUT2D eigenvalue weighted by Crippen LogP contribution is 2.42. The Morgan fingerprint density at radius 3 is 2.62 bits per heavy atom. The van der Waals surface area contributed by atoms with Crippen molar-refractivity contribution in [1.82, 2.24) is 4.57 Å². The van der Waals surface area contributed by atoms with Crippen molar-refractivity contribution in [3.8, 4) is 6.07 Å². The Hall–Kier alpha value is -1.80. The maximum atomic E-state index is 12.4. The Labute approximate surface area is 163 Å². The first kappa shape index (κ1) is 19.0. The second-order valence-electron chi connectivity index (χ2n) is 8.06.